The van der Waals surface area contributed by atoms with Gasteiger partial charge in [0, 0.05) is 19.4 Å². The maximum Gasteiger partial charge on any atom is 0.233 e. The third-order valence-electron chi connectivity index (χ3n) is 4.48. The zero-order valence-corrected chi connectivity index (χ0v) is 12.4. The minimum Gasteiger partial charge on any atom is -0.347 e. The number of H-pyrrole nitrogens is 1. The third kappa shape index (κ3) is 2.58. The van der Waals surface area contributed by atoms with Gasteiger partial charge >= 0.3 is 0 Å². The van der Waals surface area contributed by atoms with Crippen LogP contribution in [0.15, 0.2) is 42.7 Å². The van der Waals surface area contributed by atoms with E-state index in [1.807, 2.05) is 25.2 Å². The Hall–Kier alpha value is -2.10. The van der Waals surface area contributed by atoms with Crippen molar-refractivity contribution in [1.29, 1.82) is 0 Å². The zero-order chi connectivity index (χ0) is 14.7. The summed E-state index contributed by atoms with van der Waals surface area (Å²) in [6, 6.07) is 10.2. The Kier molecular flexibility index (Phi) is 3.78. The van der Waals surface area contributed by atoms with Crippen LogP contribution < -0.4 is 0 Å². The molecule has 1 aromatic carbocycles. The van der Waals surface area contributed by atoms with E-state index >= 15 is 0 Å². The maximum absolute atomic E-state index is 13.1. The Bertz CT molecular complexity index is 586. The molecule has 4 heteroatoms. The first-order chi connectivity index (χ1) is 10.2. The van der Waals surface area contributed by atoms with Gasteiger partial charge in [0.2, 0.25) is 5.91 Å². The van der Waals surface area contributed by atoms with Gasteiger partial charge in [0.15, 0.2) is 0 Å². The Labute approximate surface area is 125 Å². The highest BCUT2D eigenvalue weighted by Gasteiger charge is 2.44. The van der Waals surface area contributed by atoms with Crippen LogP contribution in [0.3, 0.4) is 0 Å². The quantitative estimate of drug-likeness (QED) is 0.938. The molecular weight excluding hydrogens is 262 g/mol. The number of nitrogens with zero attached hydrogens (tertiary/aromatic N) is 2. The Morgan fingerprint density at radius 1 is 1.29 bits per heavy atom. The van der Waals surface area contributed by atoms with Crippen molar-refractivity contribution in [2.24, 2.45) is 0 Å². The first-order valence-corrected chi connectivity index (χ1v) is 7.52. The lowest BCUT2D eigenvalue weighted by molar-refractivity contribution is -0.136. The molecule has 1 aliphatic carbocycles. The van der Waals surface area contributed by atoms with Gasteiger partial charge in [0.1, 0.15) is 5.82 Å². The molecule has 1 amide bonds. The van der Waals surface area contributed by atoms with E-state index in [2.05, 4.69) is 22.1 Å². The molecule has 4 nitrogen and oxygen atoms in total. The minimum atomic E-state index is -0.345. The summed E-state index contributed by atoms with van der Waals surface area (Å²) in [7, 11) is 1.87. The van der Waals surface area contributed by atoms with Gasteiger partial charge in [0.05, 0.1) is 12.0 Å². The Balaban J connectivity index is 1.85. The molecule has 0 bridgehead atoms. The second-order valence-corrected chi connectivity index (χ2v) is 5.85. The van der Waals surface area contributed by atoms with Crippen molar-refractivity contribution in [2.45, 2.75) is 37.6 Å². The van der Waals surface area contributed by atoms with Crippen LogP contribution in [0.25, 0.3) is 0 Å². The van der Waals surface area contributed by atoms with Crippen molar-refractivity contribution in [1.82, 2.24) is 14.9 Å². The number of carbonyl (C=O) groups is 1. The van der Waals surface area contributed by atoms with Crippen molar-refractivity contribution in [3.63, 3.8) is 0 Å². The lowest BCUT2D eigenvalue weighted by atomic mass is 9.77. The molecule has 2 aromatic rings. The summed E-state index contributed by atoms with van der Waals surface area (Å²) < 4.78 is 0. The molecule has 110 valence electrons. The van der Waals surface area contributed by atoms with Crippen LogP contribution in [-0.4, -0.2) is 27.8 Å². The van der Waals surface area contributed by atoms with Gasteiger partial charge in [-0.05, 0) is 18.4 Å². The van der Waals surface area contributed by atoms with E-state index in [-0.39, 0.29) is 11.3 Å². The summed E-state index contributed by atoms with van der Waals surface area (Å²) in [5.74, 6) is 1.04. The number of nitrogens with one attached hydrogen (secondary N) is 1. The number of aromatic nitrogens is 2. The second-order valence-electron chi connectivity index (χ2n) is 5.85. The van der Waals surface area contributed by atoms with E-state index in [0.29, 0.717) is 6.54 Å². The number of imidazole rings is 1. The summed E-state index contributed by atoms with van der Waals surface area (Å²) >= 11 is 0. The molecule has 0 saturated heterocycles. The van der Waals surface area contributed by atoms with Crippen molar-refractivity contribution < 1.29 is 4.79 Å². The number of amides is 1. The first kappa shape index (κ1) is 13.9. The monoisotopic (exact) mass is 283 g/mol. The van der Waals surface area contributed by atoms with Crippen LogP contribution in [0.1, 0.15) is 37.1 Å². The standard InChI is InChI=1S/C17H21N3O/c1-20(13-15-18-11-12-19-15)16(21)17(9-5-6-10-17)14-7-3-2-4-8-14/h2-4,7-8,11-12H,5-6,9-10,13H2,1H3,(H,18,19). The summed E-state index contributed by atoms with van der Waals surface area (Å²) in [6.07, 6.45) is 7.63. The predicted octanol–water partition coefficient (Wildman–Crippen LogP) is 2.88. The maximum atomic E-state index is 13.1. The fourth-order valence-corrected chi connectivity index (χ4v) is 3.41. The molecule has 21 heavy (non-hydrogen) atoms. The van der Waals surface area contributed by atoms with Crippen LogP contribution in [0, 0.1) is 0 Å². The van der Waals surface area contributed by atoms with Crippen LogP contribution in [0.2, 0.25) is 0 Å². The highest BCUT2D eigenvalue weighted by molar-refractivity contribution is 5.88. The van der Waals surface area contributed by atoms with Crippen LogP contribution in [0.5, 0.6) is 0 Å². The normalized spacial score (nSPS) is 16.8. The van der Waals surface area contributed by atoms with E-state index in [9.17, 15) is 4.79 Å². The number of likely N-dealkylation sites (N-methyl/N-ethyl adjacent to an activating group) is 1. The first-order valence-electron chi connectivity index (χ1n) is 7.52. The largest absolute Gasteiger partial charge is 0.347 e. The van der Waals surface area contributed by atoms with E-state index in [4.69, 9.17) is 0 Å². The molecule has 3 rings (SSSR count). The van der Waals surface area contributed by atoms with Crippen LogP contribution >= 0.6 is 0 Å². The SMILES string of the molecule is CN(Cc1ncc[nH]1)C(=O)C1(c2ccccc2)CCCC1. The van der Waals surface area contributed by atoms with Gasteiger partial charge in [-0.15, -0.1) is 0 Å². The van der Waals surface area contributed by atoms with Gasteiger partial charge in [-0.3, -0.25) is 4.79 Å². The van der Waals surface area contributed by atoms with Crippen molar-refractivity contribution >= 4 is 5.91 Å². The summed E-state index contributed by atoms with van der Waals surface area (Å²) in [5.41, 5.74) is 0.807. The molecule has 1 fully saturated rings. The Morgan fingerprint density at radius 3 is 2.62 bits per heavy atom. The highest BCUT2D eigenvalue weighted by Crippen LogP contribution is 2.42. The molecule has 0 atom stereocenters. The fourth-order valence-electron chi connectivity index (χ4n) is 3.41. The topological polar surface area (TPSA) is 49.0 Å². The molecule has 1 heterocycles. The van der Waals surface area contributed by atoms with E-state index in [1.54, 1.807) is 17.3 Å². The molecule has 0 radical (unpaired) electrons. The zero-order valence-electron chi connectivity index (χ0n) is 12.4. The van der Waals surface area contributed by atoms with E-state index in [0.717, 1.165) is 37.1 Å². The number of aromatic amines is 1. The van der Waals surface area contributed by atoms with E-state index < -0.39 is 0 Å². The number of benzene rings is 1. The molecule has 0 spiro atoms. The van der Waals surface area contributed by atoms with Crippen LogP contribution in [0.4, 0.5) is 0 Å². The van der Waals surface area contributed by atoms with E-state index in [1.165, 1.54) is 0 Å². The van der Waals surface area contributed by atoms with Gasteiger partial charge in [0.25, 0.3) is 0 Å². The van der Waals surface area contributed by atoms with Crippen LogP contribution in [-0.2, 0) is 16.8 Å². The fraction of sp³-hybridized carbons (Fsp3) is 0.412. The van der Waals surface area contributed by atoms with Gasteiger partial charge in [-0.25, -0.2) is 4.98 Å². The van der Waals surface area contributed by atoms with Gasteiger partial charge in [-0.2, -0.15) is 0 Å². The lowest BCUT2D eigenvalue weighted by Crippen LogP contribution is -2.43. The number of hydrogen-bond acceptors (Lipinski definition) is 2. The minimum absolute atomic E-state index is 0.211. The summed E-state index contributed by atoms with van der Waals surface area (Å²) in [5, 5.41) is 0. The number of carbonyl (C=O) groups excluding carboxylic acids is 1. The second kappa shape index (κ2) is 5.72. The molecule has 1 N–H and O–H groups in total. The summed E-state index contributed by atoms with van der Waals surface area (Å²) in [6.45, 7) is 0.528. The van der Waals surface area contributed by atoms with Gasteiger partial charge in [-0.1, -0.05) is 43.2 Å². The highest BCUT2D eigenvalue weighted by atomic mass is 16.2. The third-order valence-corrected chi connectivity index (χ3v) is 4.48. The lowest BCUT2D eigenvalue weighted by Gasteiger charge is -2.32. The predicted molar refractivity (Wildman–Crippen MR) is 81.6 cm³/mol. The van der Waals surface area contributed by atoms with Crippen molar-refractivity contribution in [3.05, 3.63) is 54.1 Å². The molecule has 0 unspecified atom stereocenters. The molecule has 1 aliphatic rings. The average Bonchev–Trinajstić information content (AvgIpc) is 3.19. The molecule has 1 saturated carbocycles. The Morgan fingerprint density at radius 2 is 2.00 bits per heavy atom. The molecule has 0 aliphatic heterocycles. The smallest absolute Gasteiger partial charge is 0.233 e. The van der Waals surface area contributed by atoms with Gasteiger partial charge < -0.3 is 9.88 Å². The molecule has 1 aromatic heterocycles. The summed E-state index contributed by atoms with van der Waals surface area (Å²) in [4.78, 5) is 22.2. The number of rotatable bonds is 4. The average molecular weight is 283 g/mol. The van der Waals surface area contributed by atoms with Crippen molar-refractivity contribution in [3.8, 4) is 0 Å². The van der Waals surface area contributed by atoms with Crippen molar-refractivity contribution in [2.75, 3.05) is 7.05 Å². The molecular formula is C17H21N3O. The number of hydrogen-bond donors (Lipinski definition) is 1.